The van der Waals surface area contributed by atoms with E-state index in [1.165, 1.54) is 0 Å². The zero-order valence-corrected chi connectivity index (χ0v) is 10.6. The molecule has 1 nitrogen and oxygen atoms in total. The summed E-state index contributed by atoms with van der Waals surface area (Å²) in [5.74, 6) is 1.12. The molecule has 0 saturated heterocycles. The summed E-state index contributed by atoms with van der Waals surface area (Å²) < 4.78 is 0. The van der Waals surface area contributed by atoms with Crippen LogP contribution in [0.2, 0.25) is 0 Å². The molecule has 3 aliphatic rings. The zero-order chi connectivity index (χ0) is 11.8. The van der Waals surface area contributed by atoms with Crippen molar-refractivity contribution in [1.29, 1.82) is 0 Å². The third-order valence-corrected chi connectivity index (χ3v) is 5.55. The van der Waals surface area contributed by atoms with Gasteiger partial charge < -0.3 is 0 Å². The molecule has 3 atom stereocenters. The minimum Gasteiger partial charge on any atom is -0.295 e. The standard InChI is InChI=1S/C15H20O/c1-13(2)7-6-11(16)12-14(3,4)10-5-8-15(12,13)9-10/h5-8,10,12H,9H2,1-4H3. The van der Waals surface area contributed by atoms with Crippen molar-refractivity contribution in [3.8, 4) is 0 Å². The molecule has 0 amide bonds. The van der Waals surface area contributed by atoms with E-state index in [1.54, 1.807) is 0 Å². The van der Waals surface area contributed by atoms with Crippen molar-refractivity contribution >= 4 is 5.78 Å². The second kappa shape index (κ2) is 2.52. The lowest BCUT2D eigenvalue weighted by Gasteiger charge is -2.49. The molecule has 0 N–H and O–H groups in total. The van der Waals surface area contributed by atoms with Crippen LogP contribution in [0.5, 0.6) is 0 Å². The molecule has 3 aliphatic carbocycles. The number of carbonyl (C=O) groups excluding carboxylic acids is 1. The first-order chi connectivity index (χ1) is 7.31. The predicted molar refractivity (Wildman–Crippen MR) is 64.9 cm³/mol. The Hall–Kier alpha value is -0.850. The van der Waals surface area contributed by atoms with E-state index in [4.69, 9.17) is 0 Å². The molecule has 16 heavy (non-hydrogen) atoms. The molecule has 0 aromatic heterocycles. The minimum atomic E-state index is 0.0903. The lowest BCUT2D eigenvalue weighted by atomic mass is 9.53. The van der Waals surface area contributed by atoms with Crippen LogP contribution in [0, 0.1) is 28.1 Å². The monoisotopic (exact) mass is 216 g/mol. The van der Waals surface area contributed by atoms with Crippen LogP contribution in [-0.2, 0) is 4.79 Å². The fourth-order valence-corrected chi connectivity index (χ4v) is 4.40. The van der Waals surface area contributed by atoms with Crippen molar-refractivity contribution in [2.45, 2.75) is 34.1 Å². The summed E-state index contributed by atoms with van der Waals surface area (Å²) >= 11 is 0. The van der Waals surface area contributed by atoms with Crippen LogP contribution in [0.4, 0.5) is 0 Å². The van der Waals surface area contributed by atoms with Gasteiger partial charge in [0, 0.05) is 11.3 Å². The van der Waals surface area contributed by atoms with Crippen LogP contribution >= 0.6 is 0 Å². The average molecular weight is 216 g/mol. The van der Waals surface area contributed by atoms with Gasteiger partial charge in [-0.05, 0) is 29.2 Å². The van der Waals surface area contributed by atoms with Gasteiger partial charge in [-0.1, -0.05) is 45.9 Å². The Balaban J connectivity index is 2.25. The van der Waals surface area contributed by atoms with Crippen LogP contribution in [0.25, 0.3) is 0 Å². The summed E-state index contributed by atoms with van der Waals surface area (Å²) in [6, 6.07) is 0. The maximum Gasteiger partial charge on any atom is 0.159 e. The highest BCUT2D eigenvalue weighted by Crippen LogP contribution is 2.70. The number of hydrogen-bond acceptors (Lipinski definition) is 1. The molecule has 1 spiro atoms. The number of carbonyl (C=O) groups is 1. The van der Waals surface area contributed by atoms with E-state index in [-0.39, 0.29) is 22.2 Å². The van der Waals surface area contributed by atoms with E-state index in [0.717, 1.165) is 6.42 Å². The van der Waals surface area contributed by atoms with E-state index in [1.807, 2.05) is 6.08 Å². The molecule has 0 aromatic rings. The van der Waals surface area contributed by atoms with Gasteiger partial charge in [0.25, 0.3) is 0 Å². The summed E-state index contributed by atoms with van der Waals surface area (Å²) in [6.07, 6.45) is 9.81. The molecule has 0 aliphatic heterocycles. The molecule has 1 fully saturated rings. The fraction of sp³-hybridized carbons (Fsp3) is 0.667. The maximum atomic E-state index is 12.2. The van der Waals surface area contributed by atoms with Crippen molar-refractivity contribution in [1.82, 2.24) is 0 Å². The lowest BCUT2D eigenvalue weighted by Crippen LogP contribution is -2.48. The molecular weight excluding hydrogens is 196 g/mol. The number of allylic oxidation sites excluding steroid dienone is 4. The van der Waals surface area contributed by atoms with Gasteiger partial charge in [-0.3, -0.25) is 4.79 Å². The van der Waals surface area contributed by atoms with Gasteiger partial charge in [0.2, 0.25) is 0 Å². The second-order valence-electron chi connectivity index (χ2n) is 6.92. The van der Waals surface area contributed by atoms with Crippen LogP contribution in [0.1, 0.15) is 34.1 Å². The van der Waals surface area contributed by atoms with E-state index in [2.05, 4.69) is 45.9 Å². The minimum absolute atomic E-state index is 0.0903. The zero-order valence-electron chi connectivity index (χ0n) is 10.6. The third kappa shape index (κ3) is 0.873. The van der Waals surface area contributed by atoms with Gasteiger partial charge in [-0.2, -0.15) is 0 Å². The third-order valence-electron chi connectivity index (χ3n) is 5.55. The topological polar surface area (TPSA) is 17.1 Å². The molecule has 86 valence electrons. The number of hydrogen-bond donors (Lipinski definition) is 0. The van der Waals surface area contributed by atoms with Crippen molar-refractivity contribution in [2.24, 2.45) is 28.1 Å². The summed E-state index contributed by atoms with van der Waals surface area (Å²) in [5.41, 5.74) is 0.339. The van der Waals surface area contributed by atoms with Gasteiger partial charge in [-0.15, -0.1) is 0 Å². The smallest absolute Gasteiger partial charge is 0.159 e. The van der Waals surface area contributed by atoms with Crippen molar-refractivity contribution in [2.75, 3.05) is 0 Å². The SMILES string of the molecule is CC1(C)C2C=CC3(C2)C1C(=O)C=CC3(C)C. The van der Waals surface area contributed by atoms with Crippen LogP contribution < -0.4 is 0 Å². The van der Waals surface area contributed by atoms with E-state index in [9.17, 15) is 4.79 Å². The van der Waals surface area contributed by atoms with Crippen molar-refractivity contribution in [3.05, 3.63) is 24.3 Å². The van der Waals surface area contributed by atoms with E-state index in [0.29, 0.717) is 11.7 Å². The van der Waals surface area contributed by atoms with Crippen LogP contribution in [0.3, 0.4) is 0 Å². The maximum absolute atomic E-state index is 12.2. The highest BCUT2D eigenvalue weighted by Gasteiger charge is 2.66. The fourth-order valence-electron chi connectivity index (χ4n) is 4.40. The molecule has 0 aromatic carbocycles. The summed E-state index contributed by atoms with van der Waals surface area (Å²) in [4.78, 5) is 12.2. The Bertz CT molecular complexity index is 425. The summed E-state index contributed by atoms with van der Waals surface area (Å²) in [5, 5.41) is 0. The number of rotatable bonds is 0. The first-order valence-electron chi connectivity index (χ1n) is 6.24. The van der Waals surface area contributed by atoms with E-state index < -0.39 is 0 Å². The molecule has 2 bridgehead atoms. The Morgan fingerprint density at radius 2 is 1.88 bits per heavy atom. The van der Waals surface area contributed by atoms with Gasteiger partial charge in [-0.25, -0.2) is 0 Å². The van der Waals surface area contributed by atoms with E-state index >= 15 is 0 Å². The Kier molecular flexibility index (Phi) is 1.63. The molecule has 0 heterocycles. The van der Waals surface area contributed by atoms with Crippen molar-refractivity contribution < 1.29 is 4.79 Å². The number of fused-ring (bicyclic) bond motifs is 1. The lowest BCUT2D eigenvalue weighted by molar-refractivity contribution is -0.127. The number of ketones is 1. The van der Waals surface area contributed by atoms with Gasteiger partial charge >= 0.3 is 0 Å². The Labute approximate surface area is 97.6 Å². The summed E-state index contributed by atoms with van der Waals surface area (Å²) in [7, 11) is 0. The quantitative estimate of drug-likeness (QED) is 0.567. The highest BCUT2D eigenvalue weighted by atomic mass is 16.1. The first-order valence-corrected chi connectivity index (χ1v) is 6.24. The highest BCUT2D eigenvalue weighted by molar-refractivity contribution is 5.95. The normalized spacial score (nSPS) is 46.1. The molecule has 3 rings (SSSR count). The van der Waals surface area contributed by atoms with Gasteiger partial charge in [0.1, 0.15) is 0 Å². The molecule has 1 saturated carbocycles. The molecule has 0 radical (unpaired) electrons. The first kappa shape index (κ1) is 10.3. The van der Waals surface area contributed by atoms with Crippen molar-refractivity contribution in [3.63, 3.8) is 0 Å². The molecule has 1 heteroatoms. The molecular formula is C15H20O. The Morgan fingerprint density at radius 1 is 1.19 bits per heavy atom. The predicted octanol–water partition coefficient (Wildman–Crippen LogP) is 3.37. The second-order valence-corrected chi connectivity index (χ2v) is 6.92. The summed E-state index contributed by atoms with van der Waals surface area (Å²) in [6.45, 7) is 9.08. The van der Waals surface area contributed by atoms with Crippen LogP contribution in [-0.4, -0.2) is 5.78 Å². The van der Waals surface area contributed by atoms with Crippen LogP contribution in [0.15, 0.2) is 24.3 Å². The Morgan fingerprint density at radius 3 is 2.50 bits per heavy atom. The van der Waals surface area contributed by atoms with Gasteiger partial charge in [0.05, 0.1) is 0 Å². The van der Waals surface area contributed by atoms with Gasteiger partial charge in [0.15, 0.2) is 5.78 Å². The molecule has 3 unspecified atom stereocenters. The average Bonchev–Trinajstić information content (AvgIpc) is 2.67. The largest absolute Gasteiger partial charge is 0.295 e.